The van der Waals surface area contributed by atoms with E-state index in [1.165, 1.54) is 6.07 Å². The summed E-state index contributed by atoms with van der Waals surface area (Å²) in [5, 5.41) is 11.6. The van der Waals surface area contributed by atoms with Crippen molar-refractivity contribution < 1.29 is 19.1 Å². The average molecular weight is 332 g/mol. The molecule has 0 saturated heterocycles. The monoisotopic (exact) mass is 331 g/mol. The summed E-state index contributed by atoms with van der Waals surface area (Å²) in [6.45, 7) is 5.14. The van der Waals surface area contributed by atoms with Gasteiger partial charge in [0.25, 0.3) is 5.91 Å². The van der Waals surface area contributed by atoms with Crippen molar-refractivity contribution in [2.45, 2.75) is 26.8 Å². The summed E-state index contributed by atoms with van der Waals surface area (Å²) in [4.78, 5) is 23.2. The molecule has 0 aliphatic carbocycles. The highest BCUT2D eigenvalue weighted by Gasteiger charge is 2.33. The van der Waals surface area contributed by atoms with Gasteiger partial charge in [0.15, 0.2) is 0 Å². The SMILES string of the molecule is CC(C)(C)C(NC(=O)c1ccc(F)cc1Br)C(=O)O. The molecule has 1 unspecified atom stereocenters. The predicted octanol–water partition coefficient (Wildman–Crippen LogP) is 2.82. The minimum Gasteiger partial charge on any atom is -0.480 e. The molecule has 0 aliphatic heterocycles. The molecule has 0 radical (unpaired) electrons. The van der Waals surface area contributed by atoms with Crippen LogP contribution in [-0.2, 0) is 4.79 Å². The predicted molar refractivity (Wildman–Crippen MR) is 72.4 cm³/mol. The largest absolute Gasteiger partial charge is 0.480 e. The van der Waals surface area contributed by atoms with Crippen molar-refractivity contribution in [3.63, 3.8) is 0 Å². The number of carbonyl (C=O) groups excluding carboxylic acids is 1. The molecule has 0 bridgehead atoms. The Kier molecular flexibility index (Phi) is 4.68. The summed E-state index contributed by atoms with van der Waals surface area (Å²) in [5.74, 6) is -2.15. The molecule has 4 nitrogen and oxygen atoms in total. The lowest BCUT2D eigenvalue weighted by Crippen LogP contribution is -2.49. The van der Waals surface area contributed by atoms with E-state index in [0.29, 0.717) is 0 Å². The molecular formula is C13H15BrFNO3. The van der Waals surface area contributed by atoms with Gasteiger partial charge in [-0.05, 0) is 39.5 Å². The van der Waals surface area contributed by atoms with Gasteiger partial charge < -0.3 is 10.4 Å². The van der Waals surface area contributed by atoms with E-state index >= 15 is 0 Å². The number of carbonyl (C=O) groups is 2. The molecule has 0 spiro atoms. The van der Waals surface area contributed by atoms with Crippen LogP contribution in [0.5, 0.6) is 0 Å². The molecule has 0 saturated carbocycles. The number of hydrogen-bond donors (Lipinski definition) is 2. The van der Waals surface area contributed by atoms with Gasteiger partial charge in [-0.3, -0.25) is 4.79 Å². The van der Waals surface area contributed by atoms with Crippen molar-refractivity contribution in [3.8, 4) is 0 Å². The molecule has 0 fully saturated rings. The van der Waals surface area contributed by atoms with E-state index in [9.17, 15) is 14.0 Å². The highest BCUT2D eigenvalue weighted by Crippen LogP contribution is 2.22. The van der Waals surface area contributed by atoms with Gasteiger partial charge >= 0.3 is 5.97 Å². The number of carboxylic acids is 1. The normalized spacial score (nSPS) is 12.9. The summed E-state index contributed by atoms with van der Waals surface area (Å²) in [5.41, 5.74) is -0.439. The second-order valence-corrected chi connectivity index (χ2v) is 6.09. The third kappa shape index (κ3) is 4.02. The fraction of sp³-hybridized carbons (Fsp3) is 0.385. The second-order valence-electron chi connectivity index (χ2n) is 5.23. The quantitative estimate of drug-likeness (QED) is 0.894. The Morgan fingerprint density at radius 1 is 1.37 bits per heavy atom. The Labute approximate surface area is 119 Å². The van der Waals surface area contributed by atoms with Crippen LogP contribution in [0.1, 0.15) is 31.1 Å². The second kappa shape index (κ2) is 5.69. The molecule has 0 heterocycles. The molecule has 1 atom stereocenters. The van der Waals surface area contributed by atoms with Crippen LogP contribution in [-0.4, -0.2) is 23.0 Å². The standard InChI is InChI=1S/C13H15BrFNO3/c1-13(2,3)10(12(18)19)16-11(17)8-5-4-7(15)6-9(8)14/h4-6,10H,1-3H3,(H,16,17)(H,18,19). The van der Waals surface area contributed by atoms with Gasteiger partial charge in [-0.25, -0.2) is 9.18 Å². The zero-order valence-electron chi connectivity index (χ0n) is 10.8. The molecule has 1 amide bonds. The Balaban J connectivity index is 2.98. The first-order valence-corrected chi connectivity index (χ1v) is 6.41. The van der Waals surface area contributed by atoms with E-state index in [-0.39, 0.29) is 10.0 Å². The van der Waals surface area contributed by atoms with Gasteiger partial charge in [-0.2, -0.15) is 0 Å². The van der Waals surface area contributed by atoms with Gasteiger partial charge in [-0.1, -0.05) is 20.8 Å². The number of halogens is 2. The molecule has 1 aromatic carbocycles. The summed E-state index contributed by atoms with van der Waals surface area (Å²) >= 11 is 3.08. The summed E-state index contributed by atoms with van der Waals surface area (Å²) in [6, 6.07) is 2.57. The van der Waals surface area contributed by atoms with Crippen LogP contribution in [0, 0.1) is 11.2 Å². The summed E-state index contributed by atoms with van der Waals surface area (Å²) in [6.07, 6.45) is 0. The van der Waals surface area contributed by atoms with Crippen LogP contribution in [0.2, 0.25) is 0 Å². The maximum Gasteiger partial charge on any atom is 0.326 e. The van der Waals surface area contributed by atoms with Crippen LogP contribution in [0.3, 0.4) is 0 Å². The summed E-state index contributed by atoms with van der Waals surface area (Å²) in [7, 11) is 0. The van der Waals surface area contributed by atoms with Crippen LogP contribution in [0.4, 0.5) is 4.39 Å². The third-order valence-corrected chi connectivity index (χ3v) is 3.22. The first-order valence-electron chi connectivity index (χ1n) is 5.61. The first kappa shape index (κ1) is 15.6. The zero-order chi connectivity index (χ0) is 14.8. The number of hydrogen-bond acceptors (Lipinski definition) is 2. The van der Waals surface area contributed by atoms with E-state index in [4.69, 9.17) is 5.11 Å². The van der Waals surface area contributed by atoms with Crippen molar-refractivity contribution in [2.75, 3.05) is 0 Å². The van der Waals surface area contributed by atoms with Crippen molar-refractivity contribution in [2.24, 2.45) is 5.41 Å². The van der Waals surface area contributed by atoms with Crippen molar-refractivity contribution in [1.29, 1.82) is 0 Å². The van der Waals surface area contributed by atoms with Crippen molar-refractivity contribution in [1.82, 2.24) is 5.32 Å². The van der Waals surface area contributed by atoms with Gasteiger partial charge in [0.05, 0.1) is 5.56 Å². The van der Waals surface area contributed by atoms with Crippen LogP contribution in [0.25, 0.3) is 0 Å². The Hall–Kier alpha value is -1.43. The maximum atomic E-state index is 12.9. The van der Waals surface area contributed by atoms with Crippen molar-refractivity contribution >= 4 is 27.8 Å². The van der Waals surface area contributed by atoms with Crippen LogP contribution >= 0.6 is 15.9 Å². The minimum atomic E-state index is -1.11. The number of aliphatic carboxylic acids is 1. The third-order valence-electron chi connectivity index (χ3n) is 2.56. The van der Waals surface area contributed by atoms with Gasteiger partial charge in [-0.15, -0.1) is 0 Å². The molecular weight excluding hydrogens is 317 g/mol. The van der Waals surface area contributed by atoms with Crippen molar-refractivity contribution in [3.05, 3.63) is 34.1 Å². The molecule has 19 heavy (non-hydrogen) atoms. The highest BCUT2D eigenvalue weighted by atomic mass is 79.9. The Bertz CT molecular complexity index is 511. The molecule has 6 heteroatoms. The Morgan fingerprint density at radius 3 is 2.37 bits per heavy atom. The lowest BCUT2D eigenvalue weighted by atomic mass is 9.86. The topological polar surface area (TPSA) is 66.4 Å². The number of rotatable bonds is 3. The van der Waals surface area contributed by atoms with Gasteiger partial charge in [0, 0.05) is 4.47 Å². The van der Waals surface area contributed by atoms with Gasteiger partial charge in [0.2, 0.25) is 0 Å². The molecule has 0 aromatic heterocycles. The fourth-order valence-corrected chi connectivity index (χ4v) is 2.06. The highest BCUT2D eigenvalue weighted by molar-refractivity contribution is 9.10. The average Bonchev–Trinajstić information content (AvgIpc) is 2.23. The van der Waals surface area contributed by atoms with Gasteiger partial charge in [0.1, 0.15) is 11.9 Å². The zero-order valence-corrected chi connectivity index (χ0v) is 12.4. The molecule has 2 N–H and O–H groups in total. The fourth-order valence-electron chi connectivity index (χ4n) is 1.53. The number of carboxylic acid groups (broad SMARTS) is 1. The molecule has 1 rings (SSSR count). The lowest BCUT2D eigenvalue weighted by molar-refractivity contribution is -0.142. The van der Waals surface area contributed by atoms with Crippen LogP contribution < -0.4 is 5.32 Å². The lowest BCUT2D eigenvalue weighted by Gasteiger charge is -2.27. The van der Waals surface area contributed by atoms with E-state index in [1.807, 2.05) is 0 Å². The van der Waals surface area contributed by atoms with Crippen LogP contribution in [0.15, 0.2) is 22.7 Å². The van der Waals surface area contributed by atoms with E-state index in [1.54, 1.807) is 20.8 Å². The Morgan fingerprint density at radius 2 is 1.95 bits per heavy atom. The number of amides is 1. The summed E-state index contributed by atoms with van der Waals surface area (Å²) < 4.78 is 13.2. The molecule has 0 aliphatic rings. The number of benzene rings is 1. The minimum absolute atomic E-state index is 0.192. The molecule has 104 valence electrons. The van der Waals surface area contributed by atoms with E-state index < -0.39 is 29.2 Å². The molecule has 1 aromatic rings. The smallest absolute Gasteiger partial charge is 0.326 e. The number of nitrogens with one attached hydrogen (secondary N) is 1. The van der Waals surface area contributed by atoms with E-state index in [2.05, 4.69) is 21.2 Å². The first-order chi connectivity index (χ1) is 8.62. The van der Waals surface area contributed by atoms with E-state index in [0.717, 1.165) is 12.1 Å². The maximum absolute atomic E-state index is 12.9.